The van der Waals surface area contributed by atoms with Crippen LogP contribution in [0.1, 0.15) is 18.4 Å². The summed E-state index contributed by atoms with van der Waals surface area (Å²) in [7, 11) is 0. The average molecular weight is 218 g/mol. The van der Waals surface area contributed by atoms with Crippen LogP contribution >= 0.6 is 0 Å². The molecule has 2 heterocycles. The highest BCUT2D eigenvalue weighted by atomic mass is 16.4. The molecule has 1 aliphatic heterocycles. The number of aromatic nitrogens is 1. The highest BCUT2D eigenvalue weighted by Crippen LogP contribution is 2.19. The van der Waals surface area contributed by atoms with Crippen molar-refractivity contribution in [2.24, 2.45) is 0 Å². The Balaban J connectivity index is 2.15. The number of hydrogen-bond donors (Lipinski definition) is 1. The summed E-state index contributed by atoms with van der Waals surface area (Å²) < 4.78 is 0. The number of carboxylic acids is 1. The van der Waals surface area contributed by atoms with Crippen molar-refractivity contribution < 1.29 is 9.90 Å². The zero-order chi connectivity index (χ0) is 11.5. The molecule has 4 heteroatoms. The van der Waals surface area contributed by atoms with Gasteiger partial charge in [0.2, 0.25) is 0 Å². The van der Waals surface area contributed by atoms with E-state index in [2.05, 4.69) is 16.5 Å². The monoisotopic (exact) mass is 218 g/mol. The zero-order valence-electron chi connectivity index (χ0n) is 9.02. The summed E-state index contributed by atoms with van der Waals surface area (Å²) in [6, 6.07) is 3.62. The van der Waals surface area contributed by atoms with Crippen molar-refractivity contribution in [2.75, 3.05) is 18.0 Å². The second-order valence-electron chi connectivity index (χ2n) is 3.88. The molecule has 0 spiro atoms. The van der Waals surface area contributed by atoms with Crippen LogP contribution < -0.4 is 4.90 Å². The number of anilines is 1. The number of carboxylic acid groups (broad SMARTS) is 1. The molecular weight excluding hydrogens is 204 g/mol. The maximum absolute atomic E-state index is 10.7. The average Bonchev–Trinajstić information content (AvgIpc) is 2.81. The Morgan fingerprint density at radius 2 is 2.06 bits per heavy atom. The largest absolute Gasteiger partial charge is 0.478 e. The molecule has 1 saturated heterocycles. The van der Waals surface area contributed by atoms with E-state index in [1.54, 1.807) is 12.3 Å². The van der Waals surface area contributed by atoms with Crippen LogP contribution in [-0.2, 0) is 4.79 Å². The molecule has 0 radical (unpaired) electrons. The molecular formula is C12H14N2O2. The normalized spacial score (nSPS) is 15.1. The molecule has 1 N–H and O–H groups in total. The number of aliphatic carboxylic acids is 1. The van der Waals surface area contributed by atoms with Crippen LogP contribution in [0, 0.1) is 0 Å². The molecule has 0 atom stereocenters. The van der Waals surface area contributed by atoms with E-state index in [4.69, 9.17) is 5.11 Å². The fourth-order valence-electron chi connectivity index (χ4n) is 1.82. The fraction of sp³-hybridized carbons (Fsp3) is 0.333. The summed E-state index contributed by atoms with van der Waals surface area (Å²) in [5, 5.41) is 8.78. The minimum atomic E-state index is -1.00. The van der Waals surface area contributed by atoms with Crippen LogP contribution in [0.5, 0.6) is 0 Å². The van der Waals surface area contributed by atoms with E-state index >= 15 is 0 Å². The lowest BCUT2D eigenvalue weighted by Crippen LogP contribution is -2.18. The van der Waals surface area contributed by atoms with Crippen LogP contribution in [0.2, 0.25) is 0 Å². The fourth-order valence-corrected chi connectivity index (χ4v) is 1.82. The maximum Gasteiger partial charge on any atom is 0.335 e. The Labute approximate surface area is 94.2 Å². The van der Waals surface area contributed by atoms with Gasteiger partial charge in [-0.25, -0.2) is 9.78 Å². The van der Waals surface area contributed by atoms with Gasteiger partial charge in [-0.2, -0.15) is 0 Å². The van der Waals surface area contributed by atoms with Crippen molar-refractivity contribution >= 4 is 17.4 Å². The third-order valence-electron chi connectivity index (χ3n) is 2.78. The first kappa shape index (κ1) is 10.7. The predicted octanol–water partition coefficient (Wildman–Crippen LogP) is 1.78. The van der Waals surface area contributed by atoms with E-state index in [1.807, 2.05) is 6.07 Å². The Kier molecular flexibility index (Phi) is 2.90. The van der Waals surface area contributed by atoms with E-state index in [0.717, 1.165) is 18.9 Å². The summed E-state index contributed by atoms with van der Waals surface area (Å²) in [6.07, 6.45) is 3.97. The lowest BCUT2D eigenvalue weighted by atomic mass is 10.1. The number of rotatable bonds is 3. The molecule has 2 rings (SSSR count). The topological polar surface area (TPSA) is 53.4 Å². The van der Waals surface area contributed by atoms with Gasteiger partial charge in [0.1, 0.15) is 5.82 Å². The SMILES string of the molecule is C=C(C(=O)O)c1ccc(N2CCCC2)nc1. The van der Waals surface area contributed by atoms with Crippen molar-refractivity contribution in [3.63, 3.8) is 0 Å². The van der Waals surface area contributed by atoms with E-state index in [-0.39, 0.29) is 5.57 Å². The number of hydrogen-bond acceptors (Lipinski definition) is 3. The van der Waals surface area contributed by atoms with Crippen molar-refractivity contribution in [3.8, 4) is 0 Å². The van der Waals surface area contributed by atoms with Gasteiger partial charge in [0.05, 0.1) is 5.57 Å². The van der Waals surface area contributed by atoms with Gasteiger partial charge in [0.15, 0.2) is 0 Å². The lowest BCUT2D eigenvalue weighted by Gasteiger charge is -2.16. The van der Waals surface area contributed by atoms with Gasteiger partial charge in [0.25, 0.3) is 0 Å². The van der Waals surface area contributed by atoms with Crippen molar-refractivity contribution in [1.82, 2.24) is 4.98 Å². The van der Waals surface area contributed by atoms with Crippen LogP contribution in [0.25, 0.3) is 5.57 Å². The molecule has 1 aromatic rings. The Morgan fingerprint density at radius 3 is 2.56 bits per heavy atom. The first-order chi connectivity index (χ1) is 7.68. The summed E-state index contributed by atoms with van der Waals surface area (Å²) in [5.74, 6) is -0.0878. The molecule has 84 valence electrons. The Morgan fingerprint density at radius 1 is 1.38 bits per heavy atom. The van der Waals surface area contributed by atoms with Crippen LogP contribution in [0.3, 0.4) is 0 Å². The van der Waals surface area contributed by atoms with Gasteiger partial charge < -0.3 is 10.0 Å². The van der Waals surface area contributed by atoms with Crippen LogP contribution in [0.4, 0.5) is 5.82 Å². The van der Waals surface area contributed by atoms with Crippen LogP contribution in [-0.4, -0.2) is 29.1 Å². The molecule has 16 heavy (non-hydrogen) atoms. The molecule has 0 saturated carbocycles. The minimum Gasteiger partial charge on any atom is -0.478 e. The van der Waals surface area contributed by atoms with Crippen molar-refractivity contribution in [1.29, 1.82) is 0 Å². The third kappa shape index (κ3) is 2.05. The van der Waals surface area contributed by atoms with E-state index in [9.17, 15) is 4.79 Å². The standard InChI is InChI=1S/C12H14N2O2/c1-9(12(15)16)10-4-5-11(13-8-10)14-6-2-3-7-14/h4-5,8H,1-3,6-7H2,(H,15,16). The highest BCUT2D eigenvalue weighted by Gasteiger charge is 2.14. The summed E-state index contributed by atoms with van der Waals surface area (Å²) in [4.78, 5) is 17.2. The maximum atomic E-state index is 10.7. The van der Waals surface area contributed by atoms with E-state index in [0.29, 0.717) is 5.56 Å². The van der Waals surface area contributed by atoms with Gasteiger partial charge in [0, 0.05) is 24.8 Å². The van der Waals surface area contributed by atoms with Gasteiger partial charge in [-0.3, -0.25) is 0 Å². The Hall–Kier alpha value is -1.84. The number of pyridine rings is 1. The minimum absolute atomic E-state index is 0.0838. The highest BCUT2D eigenvalue weighted by molar-refractivity contribution is 6.14. The first-order valence-electron chi connectivity index (χ1n) is 5.32. The number of carbonyl (C=O) groups is 1. The molecule has 0 aliphatic carbocycles. The molecule has 1 fully saturated rings. The summed E-state index contributed by atoms with van der Waals surface area (Å²) in [5.41, 5.74) is 0.649. The van der Waals surface area contributed by atoms with Gasteiger partial charge in [-0.05, 0) is 25.0 Å². The second kappa shape index (κ2) is 4.35. The van der Waals surface area contributed by atoms with Crippen LogP contribution in [0.15, 0.2) is 24.9 Å². The predicted molar refractivity (Wildman–Crippen MR) is 62.4 cm³/mol. The molecule has 4 nitrogen and oxygen atoms in total. The Bertz CT molecular complexity index is 406. The quantitative estimate of drug-likeness (QED) is 0.786. The molecule has 0 bridgehead atoms. The van der Waals surface area contributed by atoms with E-state index in [1.165, 1.54) is 12.8 Å². The molecule has 0 unspecified atom stereocenters. The first-order valence-corrected chi connectivity index (χ1v) is 5.32. The summed E-state index contributed by atoms with van der Waals surface area (Å²) >= 11 is 0. The molecule has 0 amide bonds. The van der Waals surface area contributed by atoms with Gasteiger partial charge >= 0.3 is 5.97 Å². The third-order valence-corrected chi connectivity index (χ3v) is 2.78. The van der Waals surface area contributed by atoms with Gasteiger partial charge in [-0.1, -0.05) is 6.58 Å². The summed E-state index contributed by atoms with van der Waals surface area (Å²) in [6.45, 7) is 5.57. The molecule has 0 aromatic carbocycles. The van der Waals surface area contributed by atoms with Gasteiger partial charge in [-0.15, -0.1) is 0 Å². The molecule has 1 aliphatic rings. The smallest absolute Gasteiger partial charge is 0.335 e. The number of nitrogens with zero attached hydrogens (tertiary/aromatic N) is 2. The lowest BCUT2D eigenvalue weighted by molar-refractivity contribution is -0.130. The molecule has 1 aromatic heterocycles. The van der Waals surface area contributed by atoms with Crippen molar-refractivity contribution in [2.45, 2.75) is 12.8 Å². The second-order valence-corrected chi connectivity index (χ2v) is 3.88. The zero-order valence-corrected chi connectivity index (χ0v) is 9.02. The van der Waals surface area contributed by atoms with Crippen molar-refractivity contribution in [3.05, 3.63) is 30.5 Å². The van der Waals surface area contributed by atoms with E-state index < -0.39 is 5.97 Å².